The zero-order chi connectivity index (χ0) is 24.7. The summed E-state index contributed by atoms with van der Waals surface area (Å²) in [4.78, 5) is 23.9. The maximum absolute atomic E-state index is 12.6. The maximum atomic E-state index is 12.6. The molecule has 12 nitrogen and oxygen atoms in total. The van der Waals surface area contributed by atoms with Gasteiger partial charge >= 0.3 is 5.97 Å². The number of rotatable bonds is 5. The van der Waals surface area contributed by atoms with Crippen LogP contribution in [-0.2, 0) is 9.53 Å². The van der Waals surface area contributed by atoms with E-state index in [9.17, 15) is 35.1 Å². The molecule has 0 unspecified atom stereocenters. The van der Waals surface area contributed by atoms with Crippen LogP contribution in [0.15, 0.2) is 45.6 Å². The molecule has 0 spiro atoms. The van der Waals surface area contributed by atoms with Crippen LogP contribution < -0.4 is 14.9 Å². The van der Waals surface area contributed by atoms with Crippen LogP contribution in [0.2, 0.25) is 0 Å². The molecule has 34 heavy (non-hydrogen) atoms. The normalized spacial score (nSPS) is 24.6. The zero-order valence-corrected chi connectivity index (χ0v) is 17.5. The van der Waals surface area contributed by atoms with Gasteiger partial charge in [-0.1, -0.05) is 0 Å². The summed E-state index contributed by atoms with van der Waals surface area (Å²) < 4.78 is 21.2. The number of aromatic hydroxyl groups is 2. The monoisotopic (exact) mass is 476 g/mol. The number of methoxy groups -OCH3 is 1. The van der Waals surface area contributed by atoms with Gasteiger partial charge in [0, 0.05) is 23.8 Å². The zero-order valence-electron chi connectivity index (χ0n) is 17.5. The largest absolute Gasteiger partial charge is 0.507 e. The third-order valence-corrected chi connectivity index (χ3v) is 5.31. The van der Waals surface area contributed by atoms with Gasteiger partial charge in [-0.3, -0.25) is 4.79 Å². The second kappa shape index (κ2) is 8.83. The van der Waals surface area contributed by atoms with Crippen molar-refractivity contribution in [3.63, 3.8) is 0 Å². The lowest BCUT2D eigenvalue weighted by Gasteiger charge is -2.38. The highest BCUT2D eigenvalue weighted by Gasteiger charge is 2.48. The number of aliphatic hydroxyl groups is 3. The number of phenolic OH excluding ortho intramolecular Hbond substituents is 2. The molecule has 3 aromatic rings. The van der Waals surface area contributed by atoms with Crippen molar-refractivity contribution in [2.24, 2.45) is 0 Å². The number of aliphatic hydroxyl groups excluding tert-OH is 3. The van der Waals surface area contributed by atoms with Gasteiger partial charge in [-0.15, -0.1) is 0 Å². The number of carbonyl (C=O) groups is 1. The van der Waals surface area contributed by atoms with Crippen LogP contribution in [0.4, 0.5) is 0 Å². The fourth-order valence-corrected chi connectivity index (χ4v) is 3.58. The molecule has 1 saturated heterocycles. The van der Waals surface area contributed by atoms with E-state index >= 15 is 0 Å². The molecule has 180 valence electrons. The highest BCUT2D eigenvalue weighted by Crippen LogP contribution is 2.35. The van der Waals surface area contributed by atoms with Crippen LogP contribution in [0.3, 0.4) is 0 Å². The Labute approximate surface area is 190 Å². The Kier molecular flexibility index (Phi) is 6.06. The molecule has 1 aliphatic heterocycles. The van der Waals surface area contributed by atoms with Gasteiger partial charge in [0.2, 0.25) is 6.29 Å². The van der Waals surface area contributed by atoms with Crippen molar-refractivity contribution >= 4 is 16.9 Å². The van der Waals surface area contributed by atoms with E-state index in [2.05, 4.69) is 0 Å². The van der Waals surface area contributed by atoms with E-state index in [1.165, 1.54) is 31.4 Å². The average Bonchev–Trinajstić information content (AvgIpc) is 2.78. The predicted molar refractivity (Wildman–Crippen MR) is 113 cm³/mol. The van der Waals surface area contributed by atoms with Gasteiger partial charge in [-0.05, 0) is 18.2 Å². The van der Waals surface area contributed by atoms with Crippen molar-refractivity contribution < 1.29 is 54.1 Å². The lowest BCUT2D eigenvalue weighted by Crippen LogP contribution is -2.61. The maximum Gasteiger partial charge on any atom is 0.335 e. The van der Waals surface area contributed by atoms with Gasteiger partial charge in [0.1, 0.15) is 46.5 Å². The Morgan fingerprint density at radius 3 is 2.35 bits per heavy atom. The summed E-state index contributed by atoms with van der Waals surface area (Å²) in [6.07, 6.45) is -9.24. The quantitative estimate of drug-likeness (QED) is 0.292. The summed E-state index contributed by atoms with van der Waals surface area (Å²) in [6.45, 7) is 0. The fourth-order valence-electron chi connectivity index (χ4n) is 3.58. The van der Waals surface area contributed by atoms with E-state index in [0.29, 0.717) is 5.56 Å². The molecule has 2 aromatic carbocycles. The molecule has 1 aromatic heterocycles. The molecule has 4 rings (SSSR count). The second-order valence-electron chi connectivity index (χ2n) is 7.53. The van der Waals surface area contributed by atoms with Crippen molar-refractivity contribution in [2.75, 3.05) is 7.11 Å². The summed E-state index contributed by atoms with van der Waals surface area (Å²) in [5.41, 5.74) is -0.405. The summed E-state index contributed by atoms with van der Waals surface area (Å²) in [6, 6.07) is 7.63. The van der Waals surface area contributed by atoms with Crippen LogP contribution >= 0.6 is 0 Å². The third kappa shape index (κ3) is 4.10. The smallest absolute Gasteiger partial charge is 0.335 e. The molecule has 0 radical (unpaired) electrons. The summed E-state index contributed by atoms with van der Waals surface area (Å²) >= 11 is 0. The van der Waals surface area contributed by atoms with E-state index in [0.717, 1.165) is 12.1 Å². The molecule has 1 aliphatic rings. The minimum absolute atomic E-state index is 0.0467. The topological polar surface area (TPSA) is 196 Å². The second-order valence-corrected chi connectivity index (χ2v) is 7.53. The van der Waals surface area contributed by atoms with Crippen molar-refractivity contribution in [1.29, 1.82) is 0 Å². The van der Waals surface area contributed by atoms with Crippen molar-refractivity contribution in [3.05, 3.63) is 46.6 Å². The molecule has 6 N–H and O–H groups in total. The summed E-state index contributed by atoms with van der Waals surface area (Å²) in [7, 11) is 1.38. The number of benzene rings is 2. The molecule has 5 atom stereocenters. The highest BCUT2D eigenvalue weighted by molar-refractivity contribution is 5.86. The summed E-state index contributed by atoms with van der Waals surface area (Å²) in [5.74, 6) is -2.26. The average molecular weight is 476 g/mol. The van der Waals surface area contributed by atoms with E-state index in [4.69, 9.17) is 23.7 Å². The summed E-state index contributed by atoms with van der Waals surface area (Å²) in [5, 5.41) is 59.2. The Morgan fingerprint density at radius 1 is 0.971 bits per heavy atom. The Bertz CT molecular complexity index is 1300. The van der Waals surface area contributed by atoms with E-state index < -0.39 is 47.9 Å². The first-order valence-electron chi connectivity index (χ1n) is 9.88. The molecule has 0 saturated carbocycles. The minimum atomic E-state index is -1.90. The molecular formula is C22H20O12. The Morgan fingerprint density at radius 2 is 1.71 bits per heavy atom. The molecule has 0 amide bonds. The lowest BCUT2D eigenvalue weighted by molar-refractivity contribution is -0.271. The van der Waals surface area contributed by atoms with E-state index in [1.54, 1.807) is 0 Å². The lowest BCUT2D eigenvalue weighted by atomic mass is 9.99. The highest BCUT2D eigenvalue weighted by atomic mass is 16.7. The van der Waals surface area contributed by atoms with Crippen LogP contribution in [0.5, 0.6) is 23.0 Å². The predicted octanol–water partition coefficient (Wildman–Crippen LogP) is 0.151. The first-order valence-corrected chi connectivity index (χ1v) is 9.88. The van der Waals surface area contributed by atoms with Gasteiger partial charge in [-0.2, -0.15) is 0 Å². The minimum Gasteiger partial charge on any atom is -0.507 e. The first kappa shape index (κ1) is 23.3. The van der Waals surface area contributed by atoms with Gasteiger partial charge in [-0.25, -0.2) is 4.79 Å². The number of fused-ring (bicyclic) bond motifs is 1. The van der Waals surface area contributed by atoms with E-state index in [1.807, 2.05) is 0 Å². The Balaban J connectivity index is 1.72. The number of hydrogen-bond acceptors (Lipinski definition) is 11. The standard InChI is InChI=1S/C22H20O12/c1-31-13-3-2-8(4-10(13)23)14-7-12(25)16-11(24)5-9(6-15(16)33-14)32-22-19(28)17(26)18(27)20(34-22)21(29)30/h2-7,17-20,22-24,26-28H,1H3,(H,29,30)/t17-,18-,19+,20-,22-/m1/s1. The molecule has 12 heteroatoms. The van der Waals surface area contributed by atoms with Crippen molar-refractivity contribution in [3.8, 4) is 34.3 Å². The van der Waals surface area contributed by atoms with Crippen molar-refractivity contribution in [2.45, 2.75) is 30.7 Å². The molecular weight excluding hydrogens is 456 g/mol. The first-order chi connectivity index (χ1) is 16.1. The van der Waals surface area contributed by atoms with Crippen LogP contribution in [0, 0.1) is 0 Å². The molecule has 1 fully saturated rings. The number of hydrogen-bond donors (Lipinski definition) is 6. The Hall–Kier alpha value is -3.84. The number of ether oxygens (including phenoxy) is 3. The van der Waals surface area contributed by atoms with Crippen molar-refractivity contribution in [1.82, 2.24) is 0 Å². The molecule has 2 heterocycles. The molecule has 0 aliphatic carbocycles. The van der Waals surface area contributed by atoms with Gasteiger partial charge in [0.05, 0.1) is 7.11 Å². The third-order valence-electron chi connectivity index (χ3n) is 5.31. The molecule has 0 bridgehead atoms. The SMILES string of the molecule is COc1ccc(-c2cc(=O)c3c(O)cc(O[C@@H]4O[C@@H](C(=O)O)[C@H](O)[C@@H](O)[C@@H]4O)cc3o2)cc1O. The number of phenols is 2. The van der Waals surface area contributed by atoms with Crippen LogP contribution in [-0.4, -0.2) is 74.4 Å². The van der Waals surface area contributed by atoms with Crippen LogP contribution in [0.25, 0.3) is 22.3 Å². The van der Waals surface area contributed by atoms with Gasteiger partial charge < -0.3 is 49.3 Å². The van der Waals surface area contributed by atoms with Crippen LogP contribution in [0.1, 0.15) is 0 Å². The fraction of sp³-hybridized carbons (Fsp3) is 0.273. The number of carboxylic acids is 1. The number of aliphatic carboxylic acids is 1. The van der Waals surface area contributed by atoms with Gasteiger partial charge in [0.15, 0.2) is 23.0 Å². The van der Waals surface area contributed by atoms with E-state index in [-0.39, 0.29) is 34.0 Å². The number of carboxylic acid groups (broad SMARTS) is 1. The van der Waals surface area contributed by atoms with Gasteiger partial charge in [0.25, 0.3) is 0 Å².